The van der Waals surface area contributed by atoms with Gasteiger partial charge in [-0.15, -0.1) is 12.4 Å². The minimum absolute atomic E-state index is 0. The third-order valence-electron chi connectivity index (χ3n) is 1.25. The van der Waals surface area contributed by atoms with Gasteiger partial charge >= 0.3 is 0 Å². The molecule has 1 atom stereocenters. The van der Waals surface area contributed by atoms with Crippen molar-refractivity contribution in [1.29, 1.82) is 0 Å². The van der Waals surface area contributed by atoms with Crippen LogP contribution in [0.25, 0.3) is 0 Å². The maximum absolute atomic E-state index is 9.18. The molecule has 0 aliphatic rings. The van der Waals surface area contributed by atoms with E-state index in [2.05, 4.69) is 4.84 Å². The molecular weight excluding hydrogens is 154 g/mol. The molecule has 0 amide bonds. The van der Waals surface area contributed by atoms with E-state index in [-0.39, 0.29) is 24.4 Å². The molecule has 0 saturated carbocycles. The number of hydrogen-bond acceptors (Lipinski definition) is 3. The SMILES string of the molecule is CC(C)(C)C(O)CON.Cl. The molecule has 0 heterocycles. The molecule has 3 nitrogen and oxygen atoms in total. The van der Waals surface area contributed by atoms with E-state index < -0.39 is 6.10 Å². The molecule has 0 bridgehead atoms. The van der Waals surface area contributed by atoms with Crippen molar-refractivity contribution >= 4 is 12.4 Å². The Morgan fingerprint density at radius 3 is 2.00 bits per heavy atom. The summed E-state index contributed by atoms with van der Waals surface area (Å²) in [6.45, 7) is 5.98. The largest absolute Gasteiger partial charge is 0.390 e. The molecule has 3 N–H and O–H groups in total. The molecule has 0 aromatic rings. The van der Waals surface area contributed by atoms with Crippen LogP contribution in [0.1, 0.15) is 20.8 Å². The summed E-state index contributed by atoms with van der Waals surface area (Å²) in [5.41, 5.74) is -0.140. The van der Waals surface area contributed by atoms with Gasteiger partial charge in [-0.05, 0) is 5.41 Å². The summed E-state index contributed by atoms with van der Waals surface area (Å²) in [4.78, 5) is 4.28. The van der Waals surface area contributed by atoms with Crippen molar-refractivity contribution in [3.8, 4) is 0 Å². The average molecular weight is 170 g/mol. The monoisotopic (exact) mass is 169 g/mol. The number of rotatable bonds is 2. The van der Waals surface area contributed by atoms with Crippen LogP contribution in [0.3, 0.4) is 0 Å². The molecule has 0 aromatic heterocycles. The quantitative estimate of drug-likeness (QED) is 0.599. The summed E-state index contributed by atoms with van der Waals surface area (Å²) < 4.78 is 0. The van der Waals surface area contributed by atoms with Crippen molar-refractivity contribution in [1.82, 2.24) is 0 Å². The van der Waals surface area contributed by atoms with Crippen LogP contribution < -0.4 is 5.90 Å². The maximum Gasteiger partial charge on any atom is 0.0943 e. The van der Waals surface area contributed by atoms with Crippen molar-refractivity contribution < 1.29 is 9.94 Å². The Labute approximate surface area is 67.9 Å². The lowest BCUT2D eigenvalue weighted by Gasteiger charge is -2.24. The molecule has 0 spiro atoms. The Hall–Kier alpha value is 0.170. The maximum atomic E-state index is 9.18. The molecule has 4 heteroatoms. The predicted molar refractivity (Wildman–Crippen MR) is 42.8 cm³/mol. The lowest BCUT2D eigenvalue weighted by atomic mass is 9.90. The molecule has 0 aliphatic heterocycles. The zero-order valence-corrected chi connectivity index (χ0v) is 7.44. The van der Waals surface area contributed by atoms with Gasteiger partial charge in [0.1, 0.15) is 0 Å². The number of aliphatic hydroxyl groups excluding tert-OH is 1. The van der Waals surface area contributed by atoms with E-state index in [1.807, 2.05) is 20.8 Å². The van der Waals surface area contributed by atoms with E-state index in [9.17, 15) is 5.11 Å². The van der Waals surface area contributed by atoms with Gasteiger partial charge in [0.2, 0.25) is 0 Å². The van der Waals surface area contributed by atoms with Crippen LogP contribution in [0.2, 0.25) is 0 Å². The molecule has 1 unspecified atom stereocenters. The lowest BCUT2D eigenvalue weighted by molar-refractivity contribution is -0.0211. The molecule has 0 rings (SSSR count). The highest BCUT2D eigenvalue weighted by Crippen LogP contribution is 2.18. The van der Waals surface area contributed by atoms with Crippen molar-refractivity contribution in [2.45, 2.75) is 26.9 Å². The van der Waals surface area contributed by atoms with Gasteiger partial charge in [0, 0.05) is 0 Å². The minimum Gasteiger partial charge on any atom is -0.390 e. The highest BCUT2D eigenvalue weighted by molar-refractivity contribution is 5.85. The summed E-state index contributed by atoms with van der Waals surface area (Å²) in [6.07, 6.45) is -0.484. The summed E-state index contributed by atoms with van der Waals surface area (Å²) in [5, 5.41) is 9.18. The van der Waals surface area contributed by atoms with Crippen LogP contribution in [0.15, 0.2) is 0 Å². The Bertz CT molecular complexity index is 82.3. The first-order valence-electron chi connectivity index (χ1n) is 2.98. The Kier molecular flexibility index (Phi) is 6.29. The molecular formula is C6H16ClNO2. The van der Waals surface area contributed by atoms with Gasteiger partial charge in [-0.2, -0.15) is 0 Å². The van der Waals surface area contributed by atoms with Crippen molar-refractivity contribution in [2.75, 3.05) is 6.61 Å². The van der Waals surface area contributed by atoms with Crippen molar-refractivity contribution in [3.05, 3.63) is 0 Å². The molecule has 0 aliphatic carbocycles. The van der Waals surface area contributed by atoms with E-state index in [4.69, 9.17) is 5.90 Å². The molecule has 10 heavy (non-hydrogen) atoms. The van der Waals surface area contributed by atoms with Crippen LogP contribution in [-0.4, -0.2) is 17.8 Å². The van der Waals surface area contributed by atoms with Gasteiger partial charge in [0.05, 0.1) is 12.7 Å². The second-order valence-electron chi connectivity index (χ2n) is 3.22. The second kappa shape index (κ2) is 4.91. The number of aliphatic hydroxyl groups is 1. The summed E-state index contributed by atoms with van der Waals surface area (Å²) in [7, 11) is 0. The molecule has 64 valence electrons. The standard InChI is InChI=1S/C6H15NO2.ClH/c1-6(2,3)5(8)4-9-7;/h5,8H,4,7H2,1-3H3;1H. The third kappa shape index (κ3) is 4.99. The summed E-state index contributed by atoms with van der Waals surface area (Å²) >= 11 is 0. The number of hydrogen-bond donors (Lipinski definition) is 2. The Morgan fingerprint density at radius 1 is 1.50 bits per heavy atom. The predicted octanol–water partition coefficient (Wildman–Crippen LogP) is 0.706. The zero-order chi connectivity index (χ0) is 7.49. The first-order chi connectivity index (χ1) is 3.98. The summed E-state index contributed by atoms with van der Waals surface area (Å²) in [5.74, 6) is 4.77. The second-order valence-corrected chi connectivity index (χ2v) is 3.22. The van der Waals surface area contributed by atoms with Gasteiger partial charge in [-0.3, -0.25) is 0 Å². The normalized spacial score (nSPS) is 14.1. The van der Waals surface area contributed by atoms with E-state index in [0.717, 1.165) is 0 Å². The van der Waals surface area contributed by atoms with E-state index in [0.29, 0.717) is 0 Å². The van der Waals surface area contributed by atoms with Crippen molar-refractivity contribution in [3.63, 3.8) is 0 Å². The van der Waals surface area contributed by atoms with E-state index in [1.165, 1.54) is 0 Å². The van der Waals surface area contributed by atoms with E-state index in [1.54, 1.807) is 0 Å². The Balaban J connectivity index is 0. The van der Waals surface area contributed by atoms with Crippen LogP contribution >= 0.6 is 12.4 Å². The van der Waals surface area contributed by atoms with Gasteiger partial charge in [0.15, 0.2) is 0 Å². The van der Waals surface area contributed by atoms with Gasteiger partial charge in [0.25, 0.3) is 0 Å². The van der Waals surface area contributed by atoms with E-state index >= 15 is 0 Å². The zero-order valence-electron chi connectivity index (χ0n) is 6.63. The topological polar surface area (TPSA) is 55.5 Å². The molecule has 0 radical (unpaired) electrons. The van der Waals surface area contributed by atoms with Crippen LogP contribution in [0.5, 0.6) is 0 Å². The smallest absolute Gasteiger partial charge is 0.0943 e. The number of halogens is 1. The lowest BCUT2D eigenvalue weighted by Crippen LogP contribution is -2.31. The molecule has 0 saturated heterocycles. The third-order valence-corrected chi connectivity index (χ3v) is 1.25. The van der Waals surface area contributed by atoms with Crippen LogP contribution in [0.4, 0.5) is 0 Å². The average Bonchev–Trinajstić information content (AvgIpc) is 1.64. The van der Waals surface area contributed by atoms with Crippen molar-refractivity contribution in [2.24, 2.45) is 11.3 Å². The van der Waals surface area contributed by atoms with Crippen LogP contribution in [0, 0.1) is 5.41 Å². The fraction of sp³-hybridized carbons (Fsp3) is 1.00. The van der Waals surface area contributed by atoms with Gasteiger partial charge < -0.3 is 9.94 Å². The first kappa shape index (κ1) is 12.8. The fourth-order valence-electron chi connectivity index (χ4n) is 0.341. The fourth-order valence-corrected chi connectivity index (χ4v) is 0.341. The number of nitrogens with two attached hydrogens (primary N) is 1. The molecule has 0 aromatic carbocycles. The van der Waals surface area contributed by atoms with Crippen LogP contribution in [-0.2, 0) is 4.84 Å². The van der Waals surface area contributed by atoms with Gasteiger partial charge in [-0.1, -0.05) is 20.8 Å². The Morgan fingerprint density at radius 2 is 1.90 bits per heavy atom. The minimum atomic E-state index is -0.484. The first-order valence-corrected chi connectivity index (χ1v) is 2.98. The highest BCUT2D eigenvalue weighted by atomic mass is 35.5. The molecule has 0 fully saturated rings. The highest BCUT2D eigenvalue weighted by Gasteiger charge is 2.21. The van der Waals surface area contributed by atoms with Gasteiger partial charge in [-0.25, -0.2) is 5.90 Å². The summed E-state index contributed by atoms with van der Waals surface area (Å²) in [6, 6.07) is 0.